The molecule has 0 radical (unpaired) electrons. The van der Waals surface area contributed by atoms with Crippen molar-refractivity contribution in [3.05, 3.63) is 65.2 Å². The molecule has 0 unspecified atom stereocenters. The third-order valence-electron chi connectivity index (χ3n) is 3.65. The number of benzene rings is 2. The SMILES string of the molecule is COC(=O)c1ccccc1Nc1ncnc(Nc2ccc(F)c(Cl)c2)c1N. The van der Waals surface area contributed by atoms with Crippen LogP contribution in [0, 0.1) is 5.82 Å². The molecule has 1 aromatic heterocycles. The van der Waals surface area contributed by atoms with Gasteiger partial charge in [0.15, 0.2) is 11.6 Å². The van der Waals surface area contributed by atoms with Gasteiger partial charge in [0.25, 0.3) is 0 Å². The highest BCUT2D eigenvalue weighted by Crippen LogP contribution is 2.30. The molecule has 0 spiro atoms. The Morgan fingerprint density at radius 2 is 1.85 bits per heavy atom. The maximum atomic E-state index is 13.3. The number of nitrogens with one attached hydrogen (secondary N) is 2. The highest BCUT2D eigenvalue weighted by atomic mass is 35.5. The van der Waals surface area contributed by atoms with E-state index < -0.39 is 11.8 Å². The van der Waals surface area contributed by atoms with Crippen LogP contribution in [0.1, 0.15) is 10.4 Å². The maximum Gasteiger partial charge on any atom is 0.339 e. The quantitative estimate of drug-likeness (QED) is 0.566. The van der Waals surface area contributed by atoms with Crippen LogP contribution in [0.5, 0.6) is 0 Å². The molecule has 138 valence electrons. The number of ether oxygens (including phenoxy) is 1. The zero-order chi connectivity index (χ0) is 19.4. The number of aromatic nitrogens is 2. The van der Waals surface area contributed by atoms with Gasteiger partial charge in [-0.2, -0.15) is 0 Å². The number of carbonyl (C=O) groups is 1. The van der Waals surface area contributed by atoms with E-state index in [1.807, 2.05) is 0 Å². The molecular weight excluding hydrogens is 373 g/mol. The van der Waals surface area contributed by atoms with E-state index in [1.54, 1.807) is 24.3 Å². The van der Waals surface area contributed by atoms with Gasteiger partial charge in [-0.05, 0) is 30.3 Å². The van der Waals surface area contributed by atoms with Crippen LogP contribution in [-0.4, -0.2) is 23.0 Å². The summed E-state index contributed by atoms with van der Waals surface area (Å²) < 4.78 is 18.1. The van der Waals surface area contributed by atoms with Crippen molar-refractivity contribution in [2.45, 2.75) is 0 Å². The van der Waals surface area contributed by atoms with Crippen LogP contribution in [0.3, 0.4) is 0 Å². The standard InChI is InChI=1S/C18H15ClFN5O2/c1-27-18(26)11-4-2-3-5-14(11)25-17-15(21)16(22-9-23-17)24-10-6-7-13(20)12(19)8-10/h2-9H,21H2,1H3,(H2,22,23,24,25). The molecule has 3 rings (SSSR count). The molecule has 0 saturated carbocycles. The number of hydrogen-bond donors (Lipinski definition) is 3. The summed E-state index contributed by atoms with van der Waals surface area (Å²) in [5.41, 5.74) is 7.65. The fourth-order valence-corrected chi connectivity index (χ4v) is 2.49. The molecule has 2 aromatic carbocycles. The summed E-state index contributed by atoms with van der Waals surface area (Å²) in [5.74, 6) is -0.438. The number of hydrogen-bond acceptors (Lipinski definition) is 7. The zero-order valence-electron chi connectivity index (χ0n) is 14.2. The van der Waals surface area contributed by atoms with E-state index in [1.165, 1.54) is 31.6 Å². The van der Waals surface area contributed by atoms with Crippen molar-refractivity contribution in [2.75, 3.05) is 23.5 Å². The summed E-state index contributed by atoms with van der Waals surface area (Å²) in [5, 5.41) is 5.93. The van der Waals surface area contributed by atoms with Gasteiger partial charge in [-0.25, -0.2) is 19.2 Å². The van der Waals surface area contributed by atoms with Crippen molar-refractivity contribution in [2.24, 2.45) is 0 Å². The molecule has 0 aliphatic heterocycles. The van der Waals surface area contributed by atoms with E-state index in [0.717, 1.165) is 0 Å². The molecule has 0 fully saturated rings. The Morgan fingerprint density at radius 3 is 2.56 bits per heavy atom. The van der Waals surface area contributed by atoms with Gasteiger partial charge in [0.05, 0.1) is 23.4 Å². The van der Waals surface area contributed by atoms with Gasteiger partial charge in [0.2, 0.25) is 0 Å². The minimum atomic E-state index is -0.528. The van der Waals surface area contributed by atoms with Crippen molar-refractivity contribution < 1.29 is 13.9 Å². The van der Waals surface area contributed by atoms with Crippen LogP contribution < -0.4 is 16.4 Å². The van der Waals surface area contributed by atoms with Gasteiger partial charge in [0, 0.05) is 5.69 Å². The van der Waals surface area contributed by atoms with E-state index in [4.69, 9.17) is 22.1 Å². The summed E-state index contributed by atoms with van der Waals surface area (Å²) >= 11 is 5.78. The predicted molar refractivity (Wildman–Crippen MR) is 102 cm³/mol. The molecule has 7 nitrogen and oxygen atoms in total. The average molecular weight is 388 g/mol. The zero-order valence-corrected chi connectivity index (χ0v) is 14.9. The van der Waals surface area contributed by atoms with E-state index in [0.29, 0.717) is 22.8 Å². The molecule has 3 aromatic rings. The summed E-state index contributed by atoms with van der Waals surface area (Å²) in [6, 6.07) is 10.9. The van der Waals surface area contributed by atoms with E-state index >= 15 is 0 Å². The van der Waals surface area contributed by atoms with Crippen LogP contribution >= 0.6 is 11.6 Å². The highest BCUT2D eigenvalue weighted by molar-refractivity contribution is 6.31. The van der Waals surface area contributed by atoms with E-state index in [-0.39, 0.29) is 16.5 Å². The molecule has 4 N–H and O–H groups in total. The number of anilines is 5. The maximum absolute atomic E-state index is 13.3. The number of halogens is 2. The van der Waals surface area contributed by atoms with Crippen LogP contribution in [0.15, 0.2) is 48.8 Å². The first-order valence-electron chi connectivity index (χ1n) is 7.76. The van der Waals surface area contributed by atoms with Gasteiger partial charge in [-0.15, -0.1) is 0 Å². The second-order valence-corrected chi connectivity index (χ2v) is 5.81. The molecule has 0 aliphatic carbocycles. The Morgan fingerprint density at radius 1 is 1.15 bits per heavy atom. The third kappa shape index (κ3) is 4.06. The average Bonchev–Trinajstić information content (AvgIpc) is 2.67. The van der Waals surface area contributed by atoms with Crippen LogP contribution in [0.2, 0.25) is 5.02 Å². The Bertz CT molecular complexity index is 999. The molecular formula is C18H15ClFN5O2. The lowest BCUT2D eigenvalue weighted by atomic mass is 10.2. The van der Waals surface area contributed by atoms with Crippen LogP contribution in [0.4, 0.5) is 33.1 Å². The normalized spacial score (nSPS) is 10.3. The van der Waals surface area contributed by atoms with Gasteiger partial charge in [-0.3, -0.25) is 0 Å². The molecule has 27 heavy (non-hydrogen) atoms. The fraction of sp³-hybridized carbons (Fsp3) is 0.0556. The molecule has 0 aliphatic rings. The van der Waals surface area contributed by atoms with Crippen molar-refractivity contribution in [1.29, 1.82) is 0 Å². The molecule has 0 bridgehead atoms. The second kappa shape index (κ2) is 7.88. The van der Waals surface area contributed by atoms with Gasteiger partial charge < -0.3 is 21.1 Å². The highest BCUT2D eigenvalue weighted by Gasteiger charge is 2.14. The summed E-state index contributed by atoms with van der Waals surface area (Å²) in [4.78, 5) is 20.1. The number of methoxy groups -OCH3 is 1. The van der Waals surface area contributed by atoms with E-state index in [2.05, 4.69) is 20.6 Å². The van der Waals surface area contributed by atoms with E-state index in [9.17, 15) is 9.18 Å². The number of rotatable bonds is 5. The summed E-state index contributed by atoms with van der Waals surface area (Å²) in [6.07, 6.45) is 1.30. The monoisotopic (exact) mass is 387 g/mol. The number of carbonyl (C=O) groups excluding carboxylic acids is 1. The Hall–Kier alpha value is -3.39. The van der Waals surface area contributed by atoms with Gasteiger partial charge in [-0.1, -0.05) is 23.7 Å². The van der Waals surface area contributed by atoms with Gasteiger partial charge in [0.1, 0.15) is 17.8 Å². The lowest BCUT2D eigenvalue weighted by molar-refractivity contribution is 0.0602. The minimum Gasteiger partial charge on any atom is -0.465 e. The molecule has 9 heteroatoms. The lowest BCUT2D eigenvalue weighted by Crippen LogP contribution is -2.09. The van der Waals surface area contributed by atoms with Crippen molar-refractivity contribution in [1.82, 2.24) is 9.97 Å². The molecule has 1 heterocycles. The largest absolute Gasteiger partial charge is 0.465 e. The predicted octanol–water partition coefficient (Wildman–Crippen LogP) is 4.13. The second-order valence-electron chi connectivity index (χ2n) is 5.40. The van der Waals surface area contributed by atoms with Crippen LogP contribution in [-0.2, 0) is 4.74 Å². The Labute approximate surface area is 159 Å². The first-order chi connectivity index (χ1) is 13.0. The van der Waals surface area contributed by atoms with Crippen molar-refractivity contribution >= 4 is 46.3 Å². The number of nitrogen functional groups attached to an aromatic ring is 1. The first-order valence-corrected chi connectivity index (χ1v) is 8.14. The Balaban J connectivity index is 1.90. The number of nitrogens with two attached hydrogens (primary N) is 1. The third-order valence-corrected chi connectivity index (χ3v) is 3.94. The Kier molecular flexibility index (Phi) is 5.37. The van der Waals surface area contributed by atoms with Crippen molar-refractivity contribution in [3.63, 3.8) is 0 Å². The van der Waals surface area contributed by atoms with Gasteiger partial charge >= 0.3 is 5.97 Å². The topological polar surface area (TPSA) is 102 Å². The summed E-state index contributed by atoms with van der Waals surface area (Å²) in [7, 11) is 1.30. The number of para-hydroxylation sites is 1. The summed E-state index contributed by atoms with van der Waals surface area (Å²) in [6.45, 7) is 0. The number of esters is 1. The van der Waals surface area contributed by atoms with Crippen LogP contribution in [0.25, 0.3) is 0 Å². The fourth-order valence-electron chi connectivity index (χ4n) is 2.31. The minimum absolute atomic E-state index is 0.0296. The molecule has 0 saturated heterocycles. The number of nitrogens with zero attached hydrogens (tertiary/aromatic N) is 2. The molecule has 0 amide bonds. The van der Waals surface area contributed by atoms with Crippen molar-refractivity contribution in [3.8, 4) is 0 Å². The lowest BCUT2D eigenvalue weighted by Gasteiger charge is -2.14. The first kappa shape index (κ1) is 18.4. The molecule has 0 atom stereocenters. The smallest absolute Gasteiger partial charge is 0.339 e.